The third kappa shape index (κ3) is 4.60. The summed E-state index contributed by atoms with van der Waals surface area (Å²) in [7, 11) is 0. The molecule has 0 bridgehead atoms. The molecule has 0 radical (unpaired) electrons. The number of Topliss-reactive ketones (excluding diaryl/α,β-unsaturated/α-hetero) is 1. The smallest absolute Gasteiger partial charge is 0.230 e. The number of ketones is 1. The molecule has 0 aliphatic carbocycles. The second-order valence-corrected chi connectivity index (χ2v) is 8.60. The summed E-state index contributed by atoms with van der Waals surface area (Å²) in [6.07, 6.45) is 2.34. The molecule has 2 aliphatic rings. The number of nitrogens with zero attached hydrogens (tertiary/aromatic N) is 1. The van der Waals surface area contributed by atoms with Crippen molar-refractivity contribution in [2.45, 2.75) is 39.0 Å². The van der Waals surface area contributed by atoms with E-state index in [0.717, 1.165) is 12.0 Å². The van der Waals surface area contributed by atoms with Crippen LogP contribution in [-0.4, -0.2) is 42.9 Å². The highest BCUT2D eigenvalue weighted by molar-refractivity contribution is 5.98. The summed E-state index contributed by atoms with van der Waals surface area (Å²) in [4.78, 5) is 28.4. The fraction of sp³-hybridized carbons (Fsp3) is 0.462. The molecule has 2 aliphatic heterocycles. The number of ether oxygens (including phenoxy) is 2. The number of rotatable bonds is 6. The standard InChI is InChI=1S/C26H31NO4/c1-3-18(2)24(19-7-5-4-6-8-19)26(29)27-13-11-20(12-14-27)25(28)21-9-10-22-23(17-21)31-16-15-30-22/h4-10,17-18,20,24H,3,11-16H2,1-2H3. The van der Waals surface area contributed by atoms with Gasteiger partial charge in [0, 0.05) is 24.6 Å². The highest BCUT2D eigenvalue weighted by Gasteiger charge is 2.34. The Labute approximate surface area is 184 Å². The quantitative estimate of drug-likeness (QED) is 0.634. The summed E-state index contributed by atoms with van der Waals surface area (Å²) in [6.45, 7) is 6.57. The monoisotopic (exact) mass is 421 g/mol. The van der Waals surface area contributed by atoms with Crippen LogP contribution < -0.4 is 9.47 Å². The summed E-state index contributed by atoms with van der Waals surface area (Å²) in [5, 5.41) is 0. The average molecular weight is 422 g/mol. The predicted octanol–water partition coefficient (Wildman–Crippen LogP) is 4.71. The van der Waals surface area contributed by atoms with Gasteiger partial charge >= 0.3 is 0 Å². The highest BCUT2D eigenvalue weighted by Crippen LogP contribution is 2.34. The van der Waals surface area contributed by atoms with Crippen LogP contribution in [0.5, 0.6) is 11.5 Å². The fourth-order valence-corrected chi connectivity index (χ4v) is 4.60. The lowest BCUT2D eigenvalue weighted by molar-refractivity contribution is -0.135. The predicted molar refractivity (Wildman–Crippen MR) is 120 cm³/mol. The van der Waals surface area contributed by atoms with Gasteiger partial charge in [-0.2, -0.15) is 0 Å². The summed E-state index contributed by atoms with van der Waals surface area (Å²) in [5.74, 6) is 1.73. The molecule has 2 aromatic rings. The van der Waals surface area contributed by atoms with Crippen LogP contribution in [0.4, 0.5) is 0 Å². The lowest BCUT2D eigenvalue weighted by Gasteiger charge is -2.35. The van der Waals surface area contributed by atoms with Crippen molar-refractivity contribution in [3.05, 3.63) is 59.7 Å². The lowest BCUT2D eigenvalue weighted by atomic mass is 9.83. The number of piperidine rings is 1. The van der Waals surface area contributed by atoms with E-state index in [-0.39, 0.29) is 29.4 Å². The maximum absolute atomic E-state index is 13.4. The van der Waals surface area contributed by atoms with Gasteiger partial charge in [-0.25, -0.2) is 0 Å². The number of likely N-dealkylation sites (tertiary alicyclic amines) is 1. The Morgan fingerprint density at radius 3 is 2.35 bits per heavy atom. The molecule has 2 aromatic carbocycles. The van der Waals surface area contributed by atoms with Crippen LogP contribution >= 0.6 is 0 Å². The van der Waals surface area contributed by atoms with Gasteiger partial charge in [-0.1, -0.05) is 50.6 Å². The molecule has 2 unspecified atom stereocenters. The first-order valence-electron chi connectivity index (χ1n) is 11.4. The number of benzene rings is 2. The largest absolute Gasteiger partial charge is 0.486 e. The van der Waals surface area contributed by atoms with Crippen LogP contribution in [0, 0.1) is 11.8 Å². The number of fused-ring (bicyclic) bond motifs is 1. The molecule has 31 heavy (non-hydrogen) atoms. The third-order valence-electron chi connectivity index (χ3n) is 6.64. The van der Waals surface area contributed by atoms with E-state index in [4.69, 9.17) is 9.47 Å². The molecule has 1 amide bonds. The van der Waals surface area contributed by atoms with E-state index in [1.807, 2.05) is 47.4 Å². The molecular formula is C26H31NO4. The van der Waals surface area contributed by atoms with Crippen LogP contribution in [0.2, 0.25) is 0 Å². The van der Waals surface area contributed by atoms with Gasteiger partial charge in [0.1, 0.15) is 13.2 Å². The Hall–Kier alpha value is -2.82. The van der Waals surface area contributed by atoms with Crippen molar-refractivity contribution in [1.82, 2.24) is 4.90 Å². The van der Waals surface area contributed by atoms with Gasteiger partial charge in [0.2, 0.25) is 5.91 Å². The van der Waals surface area contributed by atoms with Gasteiger partial charge in [0.05, 0.1) is 5.92 Å². The molecule has 0 aromatic heterocycles. The van der Waals surface area contributed by atoms with Gasteiger partial charge in [-0.15, -0.1) is 0 Å². The minimum atomic E-state index is -0.128. The molecule has 0 saturated carbocycles. The third-order valence-corrected chi connectivity index (χ3v) is 6.64. The minimum absolute atomic E-state index is 0.0645. The van der Waals surface area contributed by atoms with Crippen molar-refractivity contribution in [1.29, 1.82) is 0 Å². The Morgan fingerprint density at radius 2 is 1.68 bits per heavy atom. The molecule has 5 nitrogen and oxygen atoms in total. The molecule has 1 fully saturated rings. The minimum Gasteiger partial charge on any atom is -0.486 e. The average Bonchev–Trinajstić information content (AvgIpc) is 2.84. The van der Waals surface area contributed by atoms with E-state index in [0.29, 0.717) is 56.2 Å². The summed E-state index contributed by atoms with van der Waals surface area (Å²) in [5.41, 5.74) is 1.74. The van der Waals surface area contributed by atoms with E-state index in [2.05, 4.69) is 13.8 Å². The summed E-state index contributed by atoms with van der Waals surface area (Å²) >= 11 is 0. The summed E-state index contributed by atoms with van der Waals surface area (Å²) < 4.78 is 11.2. The maximum atomic E-state index is 13.4. The SMILES string of the molecule is CCC(C)C(C(=O)N1CCC(C(=O)c2ccc3c(c2)OCCO3)CC1)c1ccccc1. The first-order chi connectivity index (χ1) is 15.1. The van der Waals surface area contributed by atoms with E-state index < -0.39 is 0 Å². The molecule has 164 valence electrons. The highest BCUT2D eigenvalue weighted by atomic mass is 16.6. The molecule has 0 N–H and O–H groups in total. The normalized spacial score (nSPS) is 18.3. The first-order valence-corrected chi connectivity index (χ1v) is 11.4. The number of carbonyl (C=O) groups excluding carboxylic acids is 2. The lowest BCUT2D eigenvalue weighted by Crippen LogP contribution is -2.43. The maximum Gasteiger partial charge on any atom is 0.230 e. The Kier molecular flexibility index (Phi) is 6.59. The zero-order valence-corrected chi connectivity index (χ0v) is 18.4. The van der Waals surface area contributed by atoms with Crippen LogP contribution in [0.15, 0.2) is 48.5 Å². The van der Waals surface area contributed by atoms with Crippen LogP contribution in [0.25, 0.3) is 0 Å². The van der Waals surface area contributed by atoms with E-state index in [1.165, 1.54) is 0 Å². The number of hydrogen-bond donors (Lipinski definition) is 0. The molecular weight excluding hydrogens is 390 g/mol. The molecule has 1 saturated heterocycles. The second-order valence-electron chi connectivity index (χ2n) is 8.60. The van der Waals surface area contributed by atoms with Crippen LogP contribution in [-0.2, 0) is 4.79 Å². The zero-order valence-electron chi connectivity index (χ0n) is 18.4. The van der Waals surface area contributed by atoms with Crippen molar-refractivity contribution in [3.63, 3.8) is 0 Å². The van der Waals surface area contributed by atoms with Crippen molar-refractivity contribution in [2.75, 3.05) is 26.3 Å². The van der Waals surface area contributed by atoms with Crippen molar-refractivity contribution in [2.24, 2.45) is 11.8 Å². The second kappa shape index (κ2) is 9.54. The zero-order chi connectivity index (χ0) is 21.8. The van der Waals surface area contributed by atoms with E-state index in [9.17, 15) is 9.59 Å². The van der Waals surface area contributed by atoms with Crippen molar-refractivity contribution < 1.29 is 19.1 Å². The van der Waals surface area contributed by atoms with E-state index >= 15 is 0 Å². The Bertz CT molecular complexity index is 918. The van der Waals surface area contributed by atoms with Crippen molar-refractivity contribution in [3.8, 4) is 11.5 Å². The first kappa shape index (κ1) is 21.4. The molecule has 2 heterocycles. The van der Waals surface area contributed by atoms with Gasteiger partial charge in [0.15, 0.2) is 17.3 Å². The van der Waals surface area contributed by atoms with Gasteiger partial charge in [-0.05, 0) is 42.5 Å². The topological polar surface area (TPSA) is 55.8 Å². The summed E-state index contributed by atoms with van der Waals surface area (Å²) in [6, 6.07) is 15.5. The van der Waals surface area contributed by atoms with Crippen LogP contribution in [0.3, 0.4) is 0 Å². The Balaban J connectivity index is 1.41. The van der Waals surface area contributed by atoms with Gasteiger partial charge in [-0.3, -0.25) is 9.59 Å². The fourth-order valence-electron chi connectivity index (χ4n) is 4.60. The number of carbonyl (C=O) groups is 2. The Morgan fingerprint density at radius 1 is 1.00 bits per heavy atom. The molecule has 2 atom stereocenters. The van der Waals surface area contributed by atoms with Crippen LogP contribution in [0.1, 0.15) is 54.9 Å². The number of amides is 1. The molecule has 5 heteroatoms. The van der Waals surface area contributed by atoms with Gasteiger partial charge < -0.3 is 14.4 Å². The molecule has 4 rings (SSSR count). The van der Waals surface area contributed by atoms with Gasteiger partial charge in [0.25, 0.3) is 0 Å². The van der Waals surface area contributed by atoms with E-state index in [1.54, 1.807) is 6.07 Å². The van der Waals surface area contributed by atoms with Crippen molar-refractivity contribution >= 4 is 11.7 Å². The number of hydrogen-bond acceptors (Lipinski definition) is 4. The molecule has 0 spiro atoms.